The average molecular weight is 508 g/mol. The summed E-state index contributed by atoms with van der Waals surface area (Å²) in [5, 5.41) is 17.5. The molecule has 190 valence electrons. The number of fused-ring (bicyclic) bond motifs is 1. The zero-order valence-electron chi connectivity index (χ0n) is 20.9. The maximum atomic E-state index is 12.6. The second-order valence-electron chi connectivity index (χ2n) is 10.0. The first-order valence-electron chi connectivity index (χ1n) is 12.0. The molecular formula is C28H33N3O4S. The van der Waals surface area contributed by atoms with Crippen LogP contribution >= 0.6 is 0 Å². The number of nitrogens with one attached hydrogen (secondary N) is 1. The number of rotatable bonds is 10. The van der Waals surface area contributed by atoms with Crippen LogP contribution in [-0.2, 0) is 23.0 Å². The minimum atomic E-state index is -3.71. The molecule has 3 aromatic carbocycles. The zero-order valence-corrected chi connectivity index (χ0v) is 21.7. The zero-order chi connectivity index (χ0) is 25.8. The van der Waals surface area contributed by atoms with Crippen LogP contribution in [0.25, 0.3) is 10.8 Å². The number of nitrogens with zero attached hydrogens (tertiary/aromatic N) is 2. The van der Waals surface area contributed by atoms with Gasteiger partial charge in [0.15, 0.2) is 0 Å². The second kappa shape index (κ2) is 10.8. The fourth-order valence-corrected chi connectivity index (χ4v) is 5.75. The lowest BCUT2D eigenvalue weighted by molar-refractivity contribution is 0.193. The Hall–Kier alpha value is -3.20. The van der Waals surface area contributed by atoms with Gasteiger partial charge in [-0.15, -0.1) is 0 Å². The molecule has 1 heterocycles. The standard InChI is InChI=1S/C28H33N3O4S/c1-28(2,3)30-36(33,34)20-26(32)25-12-10-22(19-31-15-6-14-29-31)18-27(25)35-16-13-21-9-11-23-7-4-5-8-24(23)17-21/h4-12,14-15,17-18,26,30,32H,13,16,19-20H2,1-3H3. The van der Waals surface area contributed by atoms with Crippen LogP contribution in [0, 0.1) is 0 Å². The van der Waals surface area contributed by atoms with Crippen molar-refractivity contribution in [1.29, 1.82) is 0 Å². The van der Waals surface area contributed by atoms with Gasteiger partial charge in [0.05, 0.1) is 25.0 Å². The first-order chi connectivity index (χ1) is 17.1. The van der Waals surface area contributed by atoms with E-state index in [4.69, 9.17) is 4.74 Å². The van der Waals surface area contributed by atoms with Crippen molar-refractivity contribution in [1.82, 2.24) is 14.5 Å². The number of aliphatic hydroxyl groups is 1. The molecule has 0 fully saturated rings. The van der Waals surface area contributed by atoms with Crippen molar-refractivity contribution in [3.63, 3.8) is 0 Å². The lowest BCUT2D eigenvalue weighted by atomic mass is 10.0. The van der Waals surface area contributed by atoms with Gasteiger partial charge in [-0.3, -0.25) is 4.68 Å². The fourth-order valence-electron chi connectivity index (χ4n) is 4.14. The Morgan fingerprint density at radius 1 is 1.00 bits per heavy atom. The molecule has 0 radical (unpaired) electrons. The lowest BCUT2D eigenvalue weighted by Gasteiger charge is -2.23. The molecule has 0 aliphatic rings. The molecule has 0 saturated carbocycles. The van der Waals surface area contributed by atoms with Gasteiger partial charge in [-0.05, 0) is 54.8 Å². The number of aromatic nitrogens is 2. The topological polar surface area (TPSA) is 93.5 Å². The van der Waals surface area contributed by atoms with Gasteiger partial charge in [-0.2, -0.15) is 5.10 Å². The van der Waals surface area contributed by atoms with E-state index < -0.39 is 27.4 Å². The average Bonchev–Trinajstić information content (AvgIpc) is 3.30. The van der Waals surface area contributed by atoms with Crippen LogP contribution < -0.4 is 9.46 Å². The van der Waals surface area contributed by atoms with Gasteiger partial charge >= 0.3 is 0 Å². The molecule has 36 heavy (non-hydrogen) atoms. The van der Waals surface area contributed by atoms with Crippen molar-refractivity contribution in [3.8, 4) is 5.75 Å². The van der Waals surface area contributed by atoms with Crippen molar-refractivity contribution in [3.05, 3.63) is 95.8 Å². The predicted octanol–water partition coefficient (Wildman–Crippen LogP) is 4.46. The molecule has 0 saturated heterocycles. The van der Waals surface area contributed by atoms with E-state index in [2.05, 4.69) is 40.2 Å². The summed E-state index contributed by atoms with van der Waals surface area (Å²) in [5.41, 5.74) is 1.88. The number of benzene rings is 3. The van der Waals surface area contributed by atoms with E-state index in [1.807, 2.05) is 36.5 Å². The predicted molar refractivity (Wildman–Crippen MR) is 143 cm³/mol. The molecule has 1 aromatic heterocycles. The molecule has 2 N–H and O–H groups in total. The molecule has 4 rings (SSSR count). The van der Waals surface area contributed by atoms with E-state index in [1.165, 1.54) is 10.8 Å². The third-order valence-electron chi connectivity index (χ3n) is 5.64. The minimum Gasteiger partial charge on any atom is -0.493 e. The second-order valence-corrected chi connectivity index (χ2v) is 11.8. The highest BCUT2D eigenvalue weighted by atomic mass is 32.2. The third-order valence-corrected chi connectivity index (χ3v) is 7.32. The van der Waals surface area contributed by atoms with Crippen LogP contribution in [0.5, 0.6) is 5.75 Å². The van der Waals surface area contributed by atoms with Gasteiger partial charge < -0.3 is 9.84 Å². The van der Waals surface area contributed by atoms with Gasteiger partial charge in [-0.25, -0.2) is 13.1 Å². The summed E-state index contributed by atoms with van der Waals surface area (Å²) >= 11 is 0. The molecule has 8 heteroatoms. The van der Waals surface area contributed by atoms with E-state index in [0.29, 0.717) is 30.9 Å². The number of hydrogen-bond acceptors (Lipinski definition) is 5. The smallest absolute Gasteiger partial charge is 0.214 e. The fraction of sp³-hybridized carbons (Fsp3) is 0.321. The van der Waals surface area contributed by atoms with Crippen molar-refractivity contribution in [2.45, 2.75) is 45.4 Å². The number of hydrogen-bond donors (Lipinski definition) is 2. The summed E-state index contributed by atoms with van der Waals surface area (Å²) in [4.78, 5) is 0. The summed E-state index contributed by atoms with van der Waals surface area (Å²) in [7, 11) is -3.71. The van der Waals surface area contributed by atoms with E-state index in [9.17, 15) is 13.5 Å². The molecule has 0 aliphatic heterocycles. The summed E-state index contributed by atoms with van der Waals surface area (Å²) in [6, 6.07) is 21.8. The number of aliphatic hydroxyl groups excluding tert-OH is 1. The van der Waals surface area contributed by atoms with Gasteiger partial charge in [0.1, 0.15) is 5.75 Å². The molecule has 7 nitrogen and oxygen atoms in total. The largest absolute Gasteiger partial charge is 0.493 e. The van der Waals surface area contributed by atoms with Crippen LogP contribution in [0.2, 0.25) is 0 Å². The molecule has 4 aromatic rings. The Balaban J connectivity index is 1.52. The Labute approximate surface area is 212 Å². The van der Waals surface area contributed by atoms with Crippen molar-refractivity contribution < 1.29 is 18.3 Å². The Bertz CT molecular complexity index is 1410. The molecule has 0 bridgehead atoms. The highest BCUT2D eigenvalue weighted by Crippen LogP contribution is 2.29. The first kappa shape index (κ1) is 25.9. The van der Waals surface area contributed by atoms with E-state index in [-0.39, 0.29) is 0 Å². The molecule has 1 atom stereocenters. The summed E-state index contributed by atoms with van der Waals surface area (Å²) in [6.45, 7) is 6.22. The number of sulfonamides is 1. The van der Waals surface area contributed by atoms with Crippen molar-refractivity contribution in [2.24, 2.45) is 0 Å². The van der Waals surface area contributed by atoms with E-state index in [1.54, 1.807) is 37.7 Å². The van der Waals surface area contributed by atoms with Crippen molar-refractivity contribution >= 4 is 20.8 Å². The van der Waals surface area contributed by atoms with Crippen LogP contribution in [0.15, 0.2) is 79.1 Å². The molecule has 0 spiro atoms. The summed E-state index contributed by atoms with van der Waals surface area (Å²) < 4.78 is 35.7. The van der Waals surface area contributed by atoms with Gasteiger partial charge in [-0.1, -0.05) is 54.6 Å². The van der Waals surface area contributed by atoms with E-state index in [0.717, 1.165) is 11.1 Å². The third kappa shape index (κ3) is 7.16. The van der Waals surface area contributed by atoms with Crippen molar-refractivity contribution in [2.75, 3.05) is 12.4 Å². The monoisotopic (exact) mass is 507 g/mol. The Kier molecular flexibility index (Phi) is 7.78. The normalized spacial score (nSPS) is 13.1. The highest BCUT2D eigenvalue weighted by molar-refractivity contribution is 7.89. The summed E-state index contributed by atoms with van der Waals surface area (Å²) in [6.07, 6.45) is 3.02. The van der Waals surface area contributed by atoms with Crippen LogP contribution in [0.3, 0.4) is 0 Å². The first-order valence-corrected chi connectivity index (χ1v) is 13.6. The number of ether oxygens (including phenoxy) is 1. The van der Waals surface area contributed by atoms with Crippen LogP contribution in [0.1, 0.15) is 43.6 Å². The highest BCUT2D eigenvalue weighted by Gasteiger charge is 2.26. The SMILES string of the molecule is CC(C)(C)NS(=O)(=O)CC(O)c1ccc(Cn2cccn2)cc1OCCc1ccc2ccccc2c1. The lowest BCUT2D eigenvalue weighted by Crippen LogP contribution is -2.42. The molecular weight excluding hydrogens is 474 g/mol. The maximum absolute atomic E-state index is 12.6. The van der Waals surface area contributed by atoms with Gasteiger partial charge in [0.25, 0.3) is 0 Å². The van der Waals surface area contributed by atoms with Gasteiger partial charge in [0.2, 0.25) is 10.0 Å². The summed E-state index contributed by atoms with van der Waals surface area (Å²) in [5.74, 6) is 0.0167. The van der Waals surface area contributed by atoms with Gasteiger partial charge in [0, 0.05) is 29.9 Å². The van der Waals surface area contributed by atoms with Crippen LogP contribution in [0.4, 0.5) is 0 Å². The van der Waals surface area contributed by atoms with Crippen LogP contribution in [-0.4, -0.2) is 41.2 Å². The Morgan fingerprint density at radius 2 is 1.75 bits per heavy atom. The maximum Gasteiger partial charge on any atom is 0.214 e. The molecule has 1 unspecified atom stereocenters. The molecule has 0 amide bonds. The molecule has 0 aliphatic carbocycles. The van der Waals surface area contributed by atoms with E-state index >= 15 is 0 Å². The quantitative estimate of drug-likeness (QED) is 0.331. The Morgan fingerprint density at radius 3 is 2.47 bits per heavy atom. The minimum absolute atomic E-state index is 0.385.